The van der Waals surface area contributed by atoms with Gasteiger partial charge in [0.25, 0.3) is 0 Å². The molecule has 1 aromatic rings. The Morgan fingerprint density at radius 2 is 2.33 bits per heavy atom. The van der Waals surface area contributed by atoms with Gasteiger partial charge in [-0.15, -0.1) is 0 Å². The monoisotopic (exact) mass is 121 g/mol. The Bertz CT molecular complexity index is 220. The fraction of sp³-hybridized carbons (Fsp3) is 0. The molecule has 1 rings (SSSR count). The van der Waals surface area contributed by atoms with Gasteiger partial charge in [-0.3, -0.25) is 4.98 Å². The minimum absolute atomic E-state index is 0.174. The maximum absolute atomic E-state index is 8.83. The van der Waals surface area contributed by atoms with Gasteiger partial charge in [-0.1, -0.05) is 12.7 Å². The molecule has 0 fully saturated rings. The van der Waals surface area contributed by atoms with Crippen molar-refractivity contribution in [1.29, 1.82) is 0 Å². The van der Waals surface area contributed by atoms with E-state index in [1.807, 2.05) is 0 Å². The quantitative estimate of drug-likeness (QED) is 0.609. The predicted molar refractivity (Wildman–Crippen MR) is 36.0 cm³/mol. The predicted octanol–water partition coefficient (Wildman–Crippen LogP) is 1.43. The Kier molecular flexibility index (Phi) is 1.49. The van der Waals surface area contributed by atoms with Crippen LogP contribution in [-0.4, -0.2) is 10.1 Å². The first-order valence-electron chi connectivity index (χ1n) is 2.59. The van der Waals surface area contributed by atoms with Gasteiger partial charge in [-0.25, -0.2) is 0 Å². The fourth-order valence-electron chi connectivity index (χ4n) is 0.557. The number of aromatic hydroxyl groups is 1. The van der Waals surface area contributed by atoms with Crippen LogP contribution in [0.25, 0.3) is 6.08 Å². The van der Waals surface area contributed by atoms with Crippen molar-refractivity contribution in [2.75, 3.05) is 0 Å². The lowest BCUT2D eigenvalue weighted by atomic mass is 10.3. The first-order valence-corrected chi connectivity index (χ1v) is 2.59. The van der Waals surface area contributed by atoms with Gasteiger partial charge >= 0.3 is 0 Å². The zero-order valence-electron chi connectivity index (χ0n) is 4.91. The SMILES string of the molecule is C=Cc1cncc(O)c1. The van der Waals surface area contributed by atoms with Gasteiger partial charge in [0, 0.05) is 6.20 Å². The molecule has 0 unspecified atom stereocenters. The van der Waals surface area contributed by atoms with Gasteiger partial charge in [0.15, 0.2) is 0 Å². The summed E-state index contributed by atoms with van der Waals surface area (Å²) in [6, 6.07) is 1.60. The molecule has 1 aromatic heterocycles. The van der Waals surface area contributed by atoms with Crippen LogP contribution in [0.3, 0.4) is 0 Å². The maximum atomic E-state index is 8.83. The van der Waals surface area contributed by atoms with Crippen molar-refractivity contribution in [2.45, 2.75) is 0 Å². The van der Waals surface area contributed by atoms with Crippen molar-refractivity contribution in [1.82, 2.24) is 4.98 Å². The molecule has 0 bridgehead atoms. The molecule has 9 heavy (non-hydrogen) atoms. The highest BCUT2D eigenvalue weighted by molar-refractivity contribution is 5.47. The second-order valence-electron chi connectivity index (χ2n) is 1.68. The van der Waals surface area contributed by atoms with E-state index in [2.05, 4.69) is 11.6 Å². The van der Waals surface area contributed by atoms with E-state index in [1.54, 1.807) is 18.3 Å². The Morgan fingerprint density at radius 3 is 2.78 bits per heavy atom. The van der Waals surface area contributed by atoms with E-state index < -0.39 is 0 Å². The molecule has 0 saturated heterocycles. The largest absolute Gasteiger partial charge is 0.506 e. The summed E-state index contributed by atoms with van der Waals surface area (Å²) >= 11 is 0. The summed E-state index contributed by atoms with van der Waals surface area (Å²) in [7, 11) is 0. The highest BCUT2D eigenvalue weighted by Crippen LogP contribution is 2.08. The minimum atomic E-state index is 0.174. The van der Waals surface area contributed by atoms with Crippen LogP contribution in [0.1, 0.15) is 5.56 Å². The summed E-state index contributed by atoms with van der Waals surface area (Å²) in [5.41, 5.74) is 0.829. The molecule has 0 atom stereocenters. The van der Waals surface area contributed by atoms with Crippen molar-refractivity contribution in [3.05, 3.63) is 30.6 Å². The molecule has 0 amide bonds. The van der Waals surface area contributed by atoms with Crippen LogP contribution in [-0.2, 0) is 0 Å². The average molecular weight is 121 g/mol. The Balaban J connectivity index is 3.07. The zero-order valence-corrected chi connectivity index (χ0v) is 4.91. The van der Waals surface area contributed by atoms with Crippen molar-refractivity contribution < 1.29 is 5.11 Å². The molecule has 0 saturated carbocycles. The highest BCUT2D eigenvalue weighted by atomic mass is 16.3. The van der Waals surface area contributed by atoms with Gasteiger partial charge in [0.2, 0.25) is 0 Å². The molecule has 2 heteroatoms. The number of hydrogen-bond donors (Lipinski definition) is 1. The van der Waals surface area contributed by atoms with E-state index in [0.29, 0.717) is 0 Å². The van der Waals surface area contributed by atoms with Gasteiger partial charge in [0.1, 0.15) is 5.75 Å². The number of hydrogen-bond acceptors (Lipinski definition) is 2. The maximum Gasteiger partial charge on any atom is 0.134 e. The van der Waals surface area contributed by atoms with Gasteiger partial charge < -0.3 is 5.11 Å². The van der Waals surface area contributed by atoms with Gasteiger partial charge in [-0.05, 0) is 11.6 Å². The molecule has 0 aliphatic heterocycles. The average Bonchev–Trinajstić information content (AvgIpc) is 1.88. The molecule has 0 radical (unpaired) electrons. The molecule has 0 aliphatic carbocycles. The smallest absolute Gasteiger partial charge is 0.134 e. The molecule has 0 aliphatic rings. The summed E-state index contributed by atoms with van der Waals surface area (Å²) in [6.07, 6.45) is 4.65. The van der Waals surface area contributed by atoms with E-state index in [9.17, 15) is 0 Å². The molecular formula is C7H7NO. The number of pyridine rings is 1. The second kappa shape index (κ2) is 2.31. The normalized spacial score (nSPS) is 8.89. The topological polar surface area (TPSA) is 33.1 Å². The molecule has 46 valence electrons. The molecular weight excluding hydrogens is 114 g/mol. The van der Waals surface area contributed by atoms with Crippen molar-refractivity contribution in [3.8, 4) is 5.75 Å². The summed E-state index contributed by atoms with van der Waals surface area (Å²) in [6.45, 7) is 3.52. The highest BCUT2D eigenvalue weighted by Gasteiger charge is 1.86. The van der Waals surface area contributed by atoms with Crippen LogP contribution in [0.15, 0.2) is 25.0 Å². The third kappa shape index (κ3) is 1.29. The van der Waals surface area contributed by atoms with E-state index in [4.69, 9.17) is 5.11 Å². The lowest BCUT2D eigenvalue weighted by Gasteiger charge is -1.90. The van der Waals surface area contributed by atoms with E-state index >= 15 is 0 Å². The van der Waals surface area contributed by atoms with Gasteiger partial charge in [-0.2, -0.15) is 0 Å². The Labute approximate surface area is 53.5 Å². The first kappa shape index (κ1) is 5.82. The summed E-state index contributed by atoms with van der Waals surface area (Å²) in [5.74, 6) is 0.174. The van der Waals surface area contributed by atoms with E-state index in [1.165, 1.54) is 6.20 Å². The third-order valence-electron chi connectivity index (χ3n) is 0.981. The third-order valence-corrected chi connectivity index (χ3v) is 0.981. The summed E-state index contributed by atoms with van der Waals surface area (Å²) in [5, 5.41) is 8.83. The van der Waals surface area contributed by atoms with Crippen LogP contribution in [0, 0.1) is 0 Å². The summed E-state index contributed by atoms with van der Waals surface area (Å²) in [4.78, 5) is 3.73. The van der Waals surface area contributed by atoms with Crippen molar-refractivity contribution in [3.63, 3.8) is 0 Å². The fourth-order valence-corrected chi connectivity index (χ4v) is 0.557. The summed E-state index contributed by atoms with van der Waals surface area (Å²) < 4.78 is 0. The lowest BCUT2D eigenvalue weighted by Crippen LogP contribution is -1.73. The van der Waals surface area contributed by atoms with Crippen LogP contribution in [0.4, 0.5) is 0 Å². The second-order valence-corrected chi connectivity index (χ2v) is 1.68. The lowest BCUT2D eigenvalue weighted by molar-refractivity contribution is 0.472. The molecule has 0 spiro atoms. The molecule has 2 nitrogen and oxygen atoms in total. The minimum Gasteiger partial charge on any atom is -0.506 e. The van der Waals surface area contributed by atoms with Crippen LogP contribution in [0.5, 0.6) is 5.75 Å². The van der Waals surface area contributed by atoms with E-state index in [0.717, 1.165) is 5.56 Å². The Morgan fingerprint density at radius 1 is 1.56 bits per heavy atom. The molecule has 0 aromatic carbocycles. The standard InChI is InChI=1S/C7H7NO/c1-2-6-3-7(9)5-8-4-6/h2-5,9H,1H2. The first-order chi connectivity index (χ1) is 4.33. The van der Waals surface area contributed by atoms with Crippen LogP contribution < -0.4 is 0 Å². The van der Waals surface area contributed by atoms with Gasteiger partial charge in [0.05, 0.1) is 6.20 Å². The molecule has 1 N–H and O–H groups in total. The Hall–Kier alpha value is -1.31. The van der Waals surface area contributed by atoms with Crippen LogP contribution >= 0.6 is 0 Å². The van der Waals surface area contributed by atoms with Crippen molar-refractivity contribution >= 4 is 6.08 Å². The number of aromatic nitrogens is 1. The van der Waals surface area contributed by atoms with Crippen molar-refractivity contribution in [2.24, 2.45) is 0 Å². The zero-order chi connectivity index (χ0) is 6.69. The molecule has 1 heterocycles. The number of rotatable bonds is 1. The van der Waals surface area contributed by atoms with Crippen LogP contribution in [0.2, 0.25) is 0 Å². The van der Waals surface area contributed by atoms with E-state index in [-0.39, 0.29) is 5.75 Å². The number of nitrogens with zero attached hydrogens (tertiary/aromatic N) is 1.